The molecule has 2 aromatic rings. The van der Waals surface area contributed by atoms with Crippen LogP contribution in [0.2, 0.25) is 0 Å². The van der Waals surface area contributed by atoms with Crippen molar-refractivity contribution in [2.24, 2.45) is 18.9 Å². The van der Waals surface area contributed by atoms with Gasteiger partial charge in [0.1, 0.15) is 0 Å². The van der Waals surface area contributed by atoms with Crippen molar-refractivity contribution >= 4 is 16.9 Å². The predicted octanol–water partition coefficient (Wildman–Crippen LogP) is 2.76. The van der Waals surface area contributed by atoms with Gasteiger partial charge in [-0.2, -0.15) is 0 Å². The van der Waals surface area contributed by atoms with Crippen molar-refractivity contribution in [2.45, 2.75) is 37.8 Å². The van der Waals surface area contributed by atoms with E-state index in [0.29, 0.717) is 6.04 Å². The molecule has 134 valence electrons. The monoisotopic (exact) mass is 340 g/mol. The molecule has 1 amide bonds. The molecule has 2 aliphatic carbocycles. The number of nitrogens with zero attached hydrogens (tertiary/aromatic N) is 4. The lowest BCUT2D eigenvalue weighted by molar-refractivity contribution is 0.0726. The van der Waals surface area contributed by atoms with Gasteiger partial charge in [-0.1, -0.05) is 0 Å². The third kappa shape index (κ3) is 2.84. The first-order valence-electron chi connectivity index (χ1n) is 9.28. The Kier molecular flexibility index (Phi) is 4.07. The Labute approximate surface area is 149 Å². The number of aryl methyl sites for hydroxylation is 1. The second kappa shape index (κ2) is 6.13. The van der Waals surface area contributed by atoms with Gasteiger partial charge >= 0.3 is 0 Å². The smallest absolute Gasteiger partial charge is 0.253 e. The molecule has 0 spiro atoms. The molecule has 2 fully saturated rings. The largest absolute Gasteiger partial charge is 0.339 e. The van der Waals surface area contributed by atoms with Crippen molar-refractivity contribution in [3.05, 3.63) is 30.1 Å². The minimum absolute atomic E-state index is 0.127. The van der Waals surface area contributed by atoms with E-state index in [9.17, 15) is 4.79 Å². The molecular weight excluding hydrogens is 312 g/mol. The van der Waals surface area contributed by atoms with E-state index in [4.69, 9.17) is 0 Å². The van der Waals surface area contributed by atoms with Gasteiger partial charge < -0.3 is 14.4 Å². The summed E-state index contributed by atoms with van der Waals surface area (Å²) in [6, 6.07) is 6.95. The lowest BCUT2D eigenvalue weighted by atomic mass is 10.0. The number of hydrogen-bond donors (Lipinski definition) is 0. The molecule has 1 heterocycles. The summed E-state index contributed by atoms with van der Waals surface area (Å²) in [5.41, 5.74) is 2.69. The SMILES string of the molecule is CN(C)C1C[C@@H]2CC(N(C)C(=O)c3ccc4c(c3)ncn4C)C[C@@H]2C1. The van der Waals surface area contributed by atoms with E-state index in [2.05, 4.69) is 24.0 Å². The van der Waals surface area contributed by atoms with Crippen LogP contribution in [0.1, 0.15) is 36.0 Å². The molecule has 2 unspecified atom stereocenters. The topological polar surface area (TPSA) is 41.4 Å². The van der Waals surface area contributed by atoms with Crippen LogP contribution in [0.5, 0.6) is 0 Å². The van der Waals surface area contributed by atoms with Crippen LogP contribution in [-0.2, 0) is 7.05 Å². The zero-order valence-electron chi connectivity index (χ0n) is 15.6. The average molecular weight is 340 g/mol. The number of aromatic nitrogens is 2. The third-order valence-electron chi connectivity index (χ3n) is 6.54. The van der Waals surface area contributed by atoms with Gasteiger partial charge in [-0.3, -0.25) is 4.79 Å². The first-order chi connectivity index (χ1) is 11.9. The average Bonchev–Trinajstić information content (AvgIpc) is 3.26. The molecule has 4 atom stereocenters. The fraction of sp³-hybridized carbons (Fsp3) is 0.600. The van der Waals surface area contributed by atoms with E-state index in [0.717, 1.165) is 47.3 Å². The molecule has 1 aromatic heterocycles. The zero-order chi connectivity index (χ0) is 17.7. The minimum atomic E-state index is 0.127. The molecule has 0 aliphatic heterocycles. The van der Waals surface area contributed by atoms with Crippen molar-refractivity contribution in [1.29, 1.82) is 0 Å². The maximum atomic E-state index is 13.0. The van der Waals surface area contributed by atoms with E-state index >= 15 is 0 Å². The van der Waals surface area contributed by atoms with Crippen LogP contribution in [0.15, 0.2) is 24.5 Å². The molecular formula is C20H28N4O. The van der Waals surface area contributed by atoms with E-state index in [-0.39, 0.29) is 5.91 Å². The maximum absolute atomic E-state index is 13.0. The Morgan fingerprint density at radius 3 is 2.36 bits per heavy atom. The summed E-state index contributed by atoms with van der Waals surface area (Å²) in [5.74, 6) is 1.69. The summed E-state index contributed by atoms with van der Waals surface area (Å²) in [6.07, 6.45) is 6.68. The van der Waals surface area contributed by atoms with E-state index in [1.807, 2.05) is 41.8 Å². The first kappa shape index (κ1) is 16.6. The molecule has 2 saturated carbocycles. The molecule has 4 rings (SSSR count). The minimum Gasteiger partial charge on any atom is -0.339 e. The number of fused-ring (bicyclic) bond motifs is 2. The standard InChI is InChI=1S/C20H28N4O/c1-22(2)16-7-14-9-17(10-15(14)8-16)24(4)20(25)13-5-6-19-18(11-13)21-12-23(19)3/h5-6,11-12,14-17H,7-10H2,1-4H3/t14-,15+,16?,17?. The van der Waals surface area contributed by atoms with Crippen LogP contribution in [0.25, 0.3) is 11.0 Å². The van der Waals surface area contributed by atoms with Crippen molar-refractivity contribution in [1.82, 2.24) is 19.4 Å². The van der Waals surface area contributed by atoms with Crippen molar-refractivity contribution in [3.63, 3.8) is 0 Å². The van der Waals surface area contributed by atoms with Gasteiger partial charge in [0.05, 0.1) is 17.4 Å². The summed E-state index contributed by atoms with van der Waals surface area (Å²) in [6.45, 7) is 0. The van der Waals surface area contributed by atoms with Crippen molar-refractivity contribution in [2.75, 3.05) is 21.1 Å². The number of amides is 1. The van der Waals surface area contributed by atoms with Gasteiger partial charge in [0.2, 0.25) is 0 Å². The zero-order valence-corrected chi connectivity index (χ0v) is 15.6. The lowest BCUT2D eigenvalue weighted by Crippen LogP contribution is -2.36. The highest BCUT2D eigenvalue weighted by atomic mass is 16.2. The molecule has 0 radical (unpaired) electrons. The van der Waals surface area contributed by atoms with Crippen molar-refractivity contribution < 1.29 is 4.79 Å². The number of imidazole rings is 1. The maximum Gasteiger partial charge on any atom is 0.253 e. The van der Waals surface area contributed by atoms with E-state index in [1.54, 1.807) is 6.33 Å². The summed E-state index contributed by atoms with van der Waals surface area (Å²) in [7, 11) is 8.32. The van der Waals surface area contributed by atoms with Gasteiger partial charge in [-0.15, -0.1) is 0 Å². The highest BCUT2D eigenvalue weighted by Crippen LogP contribution is 2.46. The normalized spacial score (nSPS) is 28.7. The molecule has 5 nitrogen and oxygen atoms in total. The van der Waals surface area contributed by atoms with Gasteiger partial charge in [-0.05, 0) is 69.8 Å². The Morgan fingerprint density at radius 1 is 1.08 bits per heavy atom. The molecule has 2 aliphatic rings. The molecule has 0 saturated heterocycles. The first-order valence-corrected chi connectivity index (χ1v) is 9.28. The summed E-state index contributed by atoms with van der Waals surface area (Å²) in [4.78, 5) is 21.7. The van der Waals surface area contributed by atoms with Gasteiger partial charge in [0, 0.05) is 31.7 Å². The molecule has 0 N–H and O–H groups in total. The van der Waals surface area contributed by atoms with Gasteiger partial charge in [0.25, 0.3) is 5.91 Å². The fourth-order valence-corrected chi connectivity index (χ4v) is 4.93. The Morgan fingerprint density at radius 2 is 1.72 bits per heavy atom. The second-order valence-corrected chi connectivity index (χ2v) is 8.21. The second-order valence-electron chi connectivity index (χ2n) is 8.21. The third-order valence-corrected chi connectivity index (χ3v) is 6.54. The van der Waals surface area contributed by atoms with Crippen LogP contribution in [0.4, 0.5) is 0 Å². The molecule has 0 bridgehead atoms. The number of benzene rings is 1. The predicted molar refractivity (Wildman–Crippen MR) is 99.5 cm³/mol. The summed E-state index contributed by atoms with van der Waals surface area (Å²) in [5, 5.41) is 0. The number of carbonyl (C=O) groups is 1. The Hall–Kier alpha value is -1.88. The molecule has 5 heteroatoms. The highest BCUT2D eigenvalue weighted by Gasteiger charge is 2.44. The number of carbonyl (C=O) groups excluding carboxylic acids is 1. The quantitative estimate of drug-likeness (QED) is 0.863. The molecule has 1 aromatic carbocycles. The number of rotatable bonds is 3. The molecule has 25 heavy (non-hydrogen) atoms. The Balaban J connectivity index is 1.46. The van der Waals surface area contributed by atoms with Crippen molar-refractivity contribution in [3.8, 4) is 0 Å². The Bertz CT molecular complexity index is 782. The van der Waals surface area contributed by atoms with E-state index in [1.165, 1.54) is 12.8 Å². The summed E-state index contributed by atoms with van der Waals surface area (Å²) >= 11 is 0. The van der Waals surface area contributed by atoms with Crippen LogP contribution < -0.4 is 0 Å². The fourth-order valence-electron chi connectivity index (χ4n) is 4.93. The van der Waals surface area contributed by atoms with Gasteiger partial charge in [-0.25, -0.2) is 4.98 Å². The summed E-state index contributed by atoms with van der Waals surface area (Å²) < 4.78 is 1.98. The number of hydrogen-bond acceptors (Lipinski definition) is 3. The van der Waals surface area contributed by atoms with Gasteiger partial charge in [0.15, 0.2) is 0 Å². The van der Waals surface area contributed by atoms with Crippen LogP contribution in [0, 0.1) is 11.8 Å². The van der Waals surface area contributed by atoms with Crippen LogP contribution >= 0.6 is 0 Å². The van der Waals surface area contributed by atoms with Crippen LogP contribution in [0.3, 0.4) is 0 Å². The lowest BCUT2D eigenvalue weighted by Gasteiger charge is -2.27. The van der Waals surface area contributed by atoms with E-state index < -0.39 is 0 Å². The van der Waals surface area contributed by atoms with Crippen LogP contribution in [-0.4, -0.2) is 58.5 Å². The highest BCUT2D eigenvalue weighted by molar-refractivity contribution is 5.97.